The van der Waals surface area contributed by atoms with Gasteiger partial charge >= 0.3 is 0 Å². The van der Waals surface area contributed by atoms with E-state index in [0.29, 0.717) is 28.6 Å². The van der Waals surface area contributed by atoms with Crippen molar-refractivity contribution < 1.29 is 9.84 Å². The first kappa shape index (κ1) is 10.1. The molecule has 2 rings (SSSR count). The van der Waals surface area contributed by atoms with E-state index < -0.39 is 0 Å². The highest BCUT2D eigenvalue weighted by Crippen LogP contribution is 2.29. The molecule has 0 heterocycles. The Morgan fingerprint density at radius 1 is 1.14 bits per heavy atom. The normalized spacial score (nSPS) is 25.6. The molecule has 0 radical (unpaired) electrons. The molecule has 0 aromatic heterocycles. The standard InChI is InChI=1S/C10H10Cl2O2/c11-6-1-7(12)3-9(2-6)14-10-4-8(13)5-10/h1-3,8,10,13H,4-5H2. The van der Waals surface area contributed by atoms with E-state index in [1.807, 2.05) is 0 Å². The zero-order valence-corrected chi connectivity index (χ0v) is 8.92. The molecule has 0 atom stereocenters. The largest absolute Gasteiger partial charge is 0.490 e. The lowest BCUT2D eigenvalue weighted by atomic mass is 9.92. The average molecular weight is 233 g/mol. The summed E-state index contributed by atoms with van der Waals surface area (Å²) in [5.74, 6) is 0.666. The molecule has 2 nitrogen and oxygen atoms in total. The van der Waals surface area contributed by atoms with Crippen LogP contribution < -0.4 is 4.74 Å². The van der Waals surface area contributed by atoms with E-state index in [-0.39, 0.29) is 12.2 Å². The molecule has 0 saturated heterocycles. The maximum absolute atomic E-state index is 9.07. The van der Waals surface area contributed by atoms with Crippen LogP contribution in [-0.2, 0) is 0 Å². The van der Waals surface area contributed by atoms with Gasteiger partial charge in [0, 0.05) is 22.9 Å². The summed E-state index contributed by atoms with van der Waals surface area (Å²) in [7, 11) is 0. The van der Waals surface area contributed by atoms with Crippen molar-refractivity contribution in [3.63, 3.8) is 0 Å². The topological polar surface area (TPSA) is 29.5 Å². The van der Waals surface area contributed by atoms with Gasteiger partial charge < -0.3 is 9.84 Å². The maximum atomic E-state index is 9.07. The molecule has 1 aliphatic rings. The quantitative estimate of drug-likeness (QED) is 0.850. The van der Waals surface area contributed by atoms with Crippen LogP contribution >= 0.6 is 23.2 Å². The Morgan fingerprint density at radius 3 is 2.21 bits per heavy atom. The van der Waals surface area contributed by atoms with Gasteiger partial charge in [0.25, 0.3) is 0 Å². The molecule has 0 unspecified atom stereocenters. The number of hydrogen-bond acceptors (Lipinski definition) is 2. The summed E-state index contributed by atoms with van der Waals surface area (Å²) in [5, 5.41) is 10.2. The molecular weight excluding hydrogens is 223 g/mol. The fourth-order valence-electron chi connectivity index (χ4n) is 1.42. The van der Waals surface area contributed by atoms with E-state index in [2.05, 4.69) is 0 Å². The summed E-state index contributed by atoms with van der Waals surface area (Å²) in [6, 6.07) is 5.10. The van der Waals surface area contributed by atoms with E-state index in [0.717, 1.165) is 0 Å². The molecule has 1 aliphatic carbocycles. The highest BCUT2D eigenvalue weighted by Gasteiger charge is 2.28. The van der Waals surface area contributed by atoms with E-state index in [9.17, 15) is 0 Å². The minimum Gasteiger partial charge on any atom is -0.490 e. The molecule has 4 heteroatoms. The third-order valence-electron chi connectivity index (χ3n) is 2.21. The minimum absolute atomic E-state index is 0.0968. The Kier molecular flexibility index (Phi) is 2.86. The highest BCUT2D eigenvalue weighted by atomic mass is 35.5. The van der Waals surface area contributed by atoms with Gasteiger partial charge in [0.2, 0.25) is 0 Å². The Bertz CT molecular complexity index is 315. The molecule has 1 aromatic carbocycles. The molecule has 1 aromatic rings. The maximum Gasteiger partial charge on any atom is 0.122 e. The second-order valence-corrected chi connectivity index (χ2v) is 4.34. The second-order valence-electron chi connectivity index (χ2n) is 3.47. The van der Waals surface area contributed by atoms with Crippen molar-refractivity contribution in [2.45, 2.75) is 25.0 Å². The van der Waals surface area contributed by atoms with Crippen molar-refractivity contribution in [1.29, 1.82) is 0 Å². The zero-order chi connectivity index (χ0) is 10.1. The van der Waals surface area contributed by atoms with E-state index in [1.54, 1.807) is 18.2 Å². The minimum atomic E-state index is -0.213. The van der Waals surface area contributed by atoms with E-state index in [4.69, 9.17) is 33.0 Å². The molecule has 1 saturated carbocycles. The number of aliphatic hydroxyl groups is 1. The van der Waals surface area contributed by atoms with Crippen LogP contribution in [0.5, 0.6) is 5.75 Å². The zero-order valence-electron chi connectivity index (χ0n) is 7.41. The number of halogens is 2. The van der Waals surface area contributed by atoms with Gasteiger partial charge in [-0.3, -0.25) is 0 Å². The Morgan fingerprint density at radius 2 is 1.71 bits per heavy atom. The predicted molar refractivity (Wildman–Crippen MR) is 56.1 cm³/mol. The fourth-order valence-corrected chi connectivity index (χ4v) is 1.93. The van der Waals surface area contributed by atoms with Crippen molar-refractivity contribution in [2.75, 3.05) is 0 Å². The predicted octanol–water partition coefficient (Wildman–Crippen LogP) is 2.90. The molecule has 76 valence electrons. The second kappa shape index (κ2) is 3.97. The first-order valence-electron chi connectivity index (χ1n) is 4.44. The number of ether oxygens (including phenoxy) is 1. The van der Waals surface area contributed by atoms with Crippen molar-refractivity contribution >= 4 is 23.2 Å². The molecule has 0 aliphatic heterocycles. The van der Waals surface area contributed by atoms with Gasteiger partial charge in [0.05, 0.1) is 6.10 Å². The number of benzene rings is 1. The van der Waals surface area contributed by atoms with Crippen molar-refractivity contribution in [3.05, 3.63) is 28.2 Å². The molecule has 0 amide bonds. The number of aliphatic hydroxyl groups excluding tert-OH is 1. The van der Waals surface area contributed by atoms with Gasteiger partial charge in [0.15, 0.2) is 0 Å². The Hall–Kier alpha value is -0.440. The molecule has 0 bridgehead atoms. The van der Waals surface area contributed by atoms with Crippen LogP contribution in [0.1, 0.15) is 12.8 Å². The van der Waals surface area contributed by atoms with Gasteiger partial charge in [-0.15, -0.1) is 0 Å². The summed E-state index contributed by atoms with van der Waals surface area (Å²) in [6.07, 6.45) is 1.25. The Labute approximate surface area is 92.4 Å². The number of rotatable bonds is 2. The first-order chi connectivity index (χ1) is 6.63. The van der Waals surface area contributed by atoms with Crippen molar-refractivity contribution in [1.82, 2.24) is 0 Å². The smallest absolute Gasteiger partial charge is 0.122 e. The average Bonchev–Trinajstić information content (AvgIpc) is 1.99. The Balaban J connectivity index is 2.02. The van der Waals surface area contributed by atoms with Gasteiger partial charge in [-0.1, -0.05) is 23.2 Å². The first-order valence-corrected chi connectivity index (χ1v) is 5.20. The summed E-state index contributed by atoms with van der Waals surface area (Å²) in [5.41, 5.74) is 0. The summed E-state index contributed by atoms with van der Waals surface area (Å²) < 4.78 is 5.55. The van der Waals surface area contributed by atoms with Crippen LogP contribution in [0.15, 0.2) is 18.2 Å². The third kappa shape index (κ3) is 2.32. The lowest BCUT2D eigenvalue weighted by Gasteiger charge is -2.31. The lowest BCUT2D eigenvalue weighted by Crippen LogP contribution is -2.37. The summed E-state index contributed by atoms with van der Waals surface area (Å²) in [4.78, 5) is 0. The van der Waals surface area contributed by atoms with Gasteiger partial charge in [-0.2, -0.15) is 0 Å². The molecule has 1 fully saturated rings. The van der Waals surface area contributed by atoms with Crippen molar-refractivity contribution in [3.8, 4) is 5.75 Å². The van der Waals surface area contributed by atoms with E-state index in [1.165, 1.54) is 0 Å². The van der Waals surface area contributed by atoms with Crippen LogP contribution in [0.2, 0.25) is 10.0 Å². The van der Waals surface area contributed by atoms with Gasteiger partial charge in [-0.05, 0) is 18.2 Å². The van der Waals surface area contributed by atoms with Crippen LogP contribution in [0.25, 0.3) is 0 Å². The third-order valence-corrected chi connectivity index (χ3v) is 2.65. The fraction of sp³-hybridized carbons (Fsp3) is 0.400. The molecule has 1 N–H and O–H groups in total. The van der Waals surface area contributed by atoms with Gasteiger partial charge in [0.1, 0.15) is 11.9 Å². The SMILES string of the molecule is OC1CC(Oc2cc(Cl)cc(Cl)c2)C1. The van der Waals surface area contributed by atoms with Gasteiger partial charge in [-0.25, -0.2) is 0 Å². The van der Waals surface area contributed by atoms with Crippen LogP contribution in [-0.4, -0.2) is 17.3 Å². The van der Waals surface area contributed by atoms with E-state index >= 15 is 0 Å². The summed E-state index contributed by atoms with van der Waals surface area (Å²) in [6.45, 7) is 0. The lowest BCUT2D eigenvalue weighted by molar-refractivity contribution is -0.0107. The monoisotopic (exact) mass is 232 g/mol. The van der Waals surface area contributed by atoms with Crippen molar-refractivity contribution in [2.24, 2.45) is 0 Å². The molecule has 0 spiro atoms. The van der Waals surface area contributed by atoms with Crippen LogP contribution in [0, 0.1) is 0 Å². The number of hydrogen-bond donors (Lipinski definition) is 1. The van der Waals surface area contributed by atoms with Crippen LogP contribution in [0.4, 0.5) is 0 Å². The summed E-state index contributed by atoms with van der Waals surface area (Å²) >= 11 is 11.6. The van der Waals surface area contributed by atoms with Crippen LogP contribution in [0.3, 0.4) is 0 Å². The highest BCUT2D eigenvalue weighted by molar-refractivity contribution is 6.34. The molecule has 14 heavy (non-hydrogen) atoms. The molecular formula is C10H10Cl2O2.